The SMILES string of the molecule is CCN(CC(C)C(=N)N)c1ncncc1Br. The number of nitrogens with one attached hydrogen (secondary N) is 1. The molecule has 1 heterocycles. The average molecular weight is 286 g/mol. The van der Waals surface area contributed by atoms with Crippen LogP contribution in [-0.4, -0.2) is 28.9 Å². The minimum Gasteiger partial charge on any atom is -0.387 e. The molecule has 0 amide bonds. The van der Waals surface area contributed by atoms with Crippen LogP contribution < -0.4 is 10.6 Å². The second-order valence-corrected chi connectivity index (χ2v) is 4.44. The number of aromatic nitrogens is 2. The summed E-state index contributed by atoms with van der Waals surface area (Å²) in [5, 5.41) is 7.39. The van der Waals surface area contributed by atoms with E-state index in [0.717, 1.165) is 16.8 Å². The van der Waals surface area contributed by atoms with E-state index in [1.54, 1.807) is 6.20 Å². The Morgan fingerprint density at radius 1 is 1.69 bits per heavy atom. The van der Waals surface area contributed by atoms with Crippen LogP contribution in [0, 0.1) is 11.3 Å². The second-order valence-electron chi connectivity index (χ2n) is 3.59. The van der Waals surface area contributed by atoms with Gasteiger partial charge in [-0.2, -0.15) is 0 Å². The summed E-state index contributed by atoms with van der Waals surface area (Å²) in [5.41, 5.74) is 5.47. The predicted octanol–water partition coefficient (Wildman–Crippen LogP) is 1.64. The van der Waals surface area contributed by atoms with Crippen LogP contribution in [0.5, 0.6) is 0 Å². The standard InChI is InChI=1S/C10H16BrN5/c1-3-16(5-7(2)9(12)13)10-8(11)4-14-6-15-10/h4,6-7H,3,5H2,1-2H3,(H3,12,13). The summed E-state index contributed by atoms with van der Waals surface area (Å²) in [6, 6.07) is 0. The Morgan fingerprint density at radius 2 is 2.38 bits per heavy atom. The zero-order valence-electron chi connectivity index (χ0n) is 9.44. The van der Waals surface area contributed by atoms with E-state index in [9.17, 15) is 0 Å². The van der Waals surface area contributed by atoms with Gasteiger partial charge in [-0.25, -0.2) is 9.97 Å². The maximum Gasteiger partial charge on any atom is 0.146 e. The molecule has 0 aromatic carbocycles. The topological polar surface area (TPSA) is 78.9 Å². The first kappa shape index (κ1) is 12.9. The minimum atomic E-state index is 0.0156. The number of hydrogen-bond donors (Lipinski definition) is 2. The fourth-order valence-corrected chi connectivity index (χ4v) is 1.80. The Kier molecular flexibility index (Phi) is 4.67. The first-order chi connectivity index (χ1) is 7.56. The molecule has 1 unspecified atom stereocenters. The summed E-state index contributed by atoms with van der Waals surface area (Å²) in [4.78, 5) is 10.2. The van der Waals surface area contributed by atoms with E-state index in [-0.39, 0.29) is 11.8 Å². The molecule has 0 radical (unpaired) electrons. The van der Waals surface area contributed by atoms with Gasteiger partial charge in [-0.1, -0.05) is 6.92 Å². The van der Waals surface area contributed by atoms with E-state index in [0.29, 0.717) is 6.54 Å². The summed E-state index contributed by atoms with van der Waals surface area (Å²) in [6.45, 7) is 5.47. The van der Waals surface area contributed by atoms with Gasteiger partial charge in [0.1, 0.15) is 12.1 Å². The van der Waals surface area contributed by atoms with Crippen molar-refractivity contribution in [1.82, 2.24) is 9.97 Å². The van der Waals surface area contributed by atoms with Crippen molar-refractivity contribution in [1.29, 1.82) is 5.41 Å². The molecule has 0 aliphatic heterocycles. The highest BCUT2D eigenvalue weighted by atomic mass is 79.9. The normalized spacial score (nSPS) is 12.2. The molecule has 88 valence electrons. The fourth-order valence-electron chi connectivity index (χ4n) is 1.33. The van der Waals surface area contributed by atoms with E-state index >= 15 is 0 Å². The Bertz CT molecular complexity index is 368. The first-order valence-electron chi connectivity index (χ1n) is 5.10. The highest BCUT2D eigenvalue weighted by Crippen LogP contribution is 2.22. The number of amidine groups is 1. The molecule has 1 aromatic heterocycles. The van der Waals surface area contributed by atoms with Crippen LogP contribution in [0.3, 0.4) is 0 Å². The quantitative estimate of drug-likeness (QED) is 0.637. The number of rotatable bonds is 5. The molecule has 1 aromatic rings. The molecule has 1 rings (SSSR count). The van der Waals surface area contributed by atoms with Crippen LogP contribution in [0.2, 0.25) is 0 Å². The van der Waals surface area contributed by atoms with Crippen LogP contribution in [0.1, 0.15) is 13.8 Å². The van der Waals surface area contributed by atoms with Crippen molar-refractivity contribution >= 4 is 27.6 Å². The van der Waals surface area contributed by atoms with Gasteiger partial charge in [0.15, 0.2) is 0 Å². The van der Waals surface area contributed by atoms with Gasteiger partial charge in [-0.05, 0) is 22.9 Å². The van der Waals surface area contributed by atoms with Gasteiger partial charge in [-0.3, -0.25) is 5.41 Å². The molecule has 0 fully saturated rings. The summed E-state index contributed by atoms with van der Waals surface area (Å²) >= 11 is 3.41. The van der Waals surface area contributed by atoms with Crippen molar-refractivity contribution < 1.29 is 0 Å². The second kappa shape index (κ2) is 5.79. The molecule has 0 saturated carbocycles. The van der Waals surface area contributed by atoms with Crippen molar-refractivity contribution in [2.24, 2.45) is 11.7 Å². The van der Waals surface area contributed by atoms with E-state index < -0.39 is 0 Å². The van der Waals surface area contributed by atoms with Crippen molar-refractivity contribution in [2.75, 3.05) is 18.0 Å². The van der Waals surface area contributed by atoms with Gasteiger partial charge in [-0.15, -0.1) is 0 Å². The maximum absolute atomic E-state index is 7.39. The molecule has 0 spiro atoms. The van der Waals surface area contributed by atoms with Gasteiger partial charge >= 0.3 is 0 Å². The van der Waals surface area contributed by atoms with E-state index in [1.165, 1.54) is 6.33 Å². The third-order valence-corrected chi connectivity index (χ3v) is 2.91. The Morgan fingerprint density at radius 3 is 2.88 bits per heavy atom. The Balaban J connectivity index is 2.83. The van der Waals surface area contributed by atoms with Gasteiger partial charge in [0.2, 0.25) is 0 Å². The number of hydrogen-bond acceptors (Lipinski definition) is 4. The van der Waals surface area contributed by atoms with Crippen molar-refractivity contribution in [3.05, 3.63) is 17.0 Å². The third-order valence-electron chi connectivity index (χ3n) is 2.35. The molecule has 1 atom stereocenters. The first-order valence-corrected chi connectivity index (χ1v) is 5.89. The summed E-state index contributed by atoms with van der Waals surface area (Å²) < 4.78 is 0.854. The van der Waals surface area contributed by atoms with Crippen LogP contribution in [0.4, 0.5) is 5.82 Å². The van der Waals surface area contributed by atoms with Crippen LogP contribution >= 0.6 is 15.9 Å². The van der Waals surface area contributed by atoms with Gasteiger partial charge in [0.25, 0.3) is 0 Å². The summed E-state index contributed by atoms with van der Waals surface area (Å²) in [7, 11) is 0. The molecule has 0 saturated heterocycles. The highest BCUT2D eigenvalue weighted by molar-refractivity contribution is 9.10. The molecule has 0 aliphatic carbocycles. The Labute approximate surface area is 104 Å². The van der Waals surface area contributed by atoms with E-state index in [1.807, 2.05) is 13.8 Å². The molecule has 6 heteroatoms. The fraction of sp³-hybridized carbons (Fsp3) is 0.500. The molecule has 0 bridgehead atoms. The molecular weight excluding hydrogens is 270 g/mol. The van der Waals surface area contributed by atoms with Gasteiger partial charge < -0.3 is 10.6 Å². The van der Waals surface area contributed by atoms with E-state index in [2.05, 4.69) is 30.8 Å². The summed E-state index contributed by atoms with van der Waals surface area (Å²) in [5.74, 6) is 1.05. The monoisotopic (exact) mass is 285 g/mol. The smallest absolute Gasteiger partial charge is 0.146 e. The van der Waals surface area contributed by atoms with Crippen LogP contribution in [0.25, 0.3) is 0 Å². The van der Waals surface area contributed by atoms with Gasteiger partial charge in [0.05, 0.1) is 10.3 Å². The lowest BCUT2D eigenvalue weighted by atomic mass is 10.1. The number of halogens is 1. The van der Waals surface area contributed by atoms with Crippen molar-refractivity contribution in [3.63, 3.8) is 0 Å². The third kappa shape index (κ3) is 3.16. The lowest BCUT2D eigenvalue weighted by Crippen LogP contribution is -2.35. The molecule has 3 N–H and O–H groups in total. The van der Waals surface area contributed by atoms with Crippen LogP contribution in [0.15, 0.2) is 17.0 Å². The number of nitrogens with two attached hydrogens (primary N) is 1. The average Bonchev–Trinajstić information content (AvgIpc) is 2.26. The lowest BCUT2D eigenvalue weighted by molar-refractivity contribution is 0.688. The zero-order chi connectivity index (χ0) is 12.1. The van der Waals surface area contributed by atoms with Crippen molar-refractivity contribution in [3.8, 4) is 0 Å². The number of anilines is 1. The molecule has 16 heavy (non-hydrogen) atoms. The largest absolute Gasteiger partial charge is 0.387 e. The highest BCUT2D eigenvalue weighted by Gasteiger charge is 2.14. The maximum atomic E-state index is 7.39. The number of nitrogens with zero attached hydrogens (tertiary/aromatic N) is 3. The van der Waals surface area contributed by atoms with Gasteiger partial charge in [0, 0.05) is 25.2 Å². The predicted molar refractivity (Wildman–Crippen MR) is 68.7 cm³/mol. The van der Waals surface area contributed by atoms with Crippen molar-refractivity contribution in [2.45, 2.75) is 13.8 Å². The Hall–Kier alpha value is -1.17. The molecule has 5 nitrogen and oxygen atoms in total. The summed E-state index contributed by atoms with van der Waals surface area (Å²) in [6.07, 6.45) is 3.23. The molecular formula is C10H16BrN5. The lowest BCUT2D eigenvalue weighted by Gasteiger charge is -2.25. The van der Waals surface area contributed by atoms with Crippen LogP contribution in [-0.2, 0) is 0 Å². The zero-order valence-corrected chi connectivity index (χ0v) is 11.0. The minimum absolute atomic E-state index is 0.0156. The van der Waals surface area contributed by atoms with E-state index in [4.69, 9.17) is 11.1 Å². The molecule has 0 aliphatic rings.